The van der Waals surface area contributed by atoms with Crippen LogP contribution in [0.3, 0.4) is 0 Å². The molecule has 1 aliphatic carbocycles. The van der Waals surface area contributed by atoms with Gasteiger partial charge in [0.25, 0.3) is 0 Å². The number of nitrogens with two attached hydrogens (primary N) is 1. The zero-order valence-corrected chi connectivity index (χ0v) is 11.0. The van der Waals surface area contributed by atoms with E-state index in [0.717, 1.165) is 30.1 Å². The lowest BCUT2D eigenvalue weighted by Crippen LogP contribution is -2.24. The molecule has 2 unspecified atom stereocenters. The Balaban J connectivity index is 2.08. The predicted molar refractivity (Wildman–Crippen MR) is 74.4 cm³/mol. The highest BCUT2D eigenvalue weighted by Crippen LogP contribution is 2.28. The van der Waals surface area contributed by atoms with E-state index in [1.165, 1.54) is 12.8 Å². The molecule has 2 nitrogen and oxygen atoms in total. The molecular weight excluding hydrogens is 222 g/mol. The molecule has 0 heterocycles. The Morgan fingerprint density at radius 1 is 1.33 bits per heavy atom. The molecule has 2 atom stereocenters. The molecule has 18 heavy (non-hydrogen) atoms. The molecule has 0 aliphatic heterocycles. The van der Waals surface area contributed by atoms with Gasteiger partial charge in [-0.15, -0.1) is 0 Å². The SMILES string of the molecule is CC1CCCC(Oc2ccccc2C#CCN)C1. The second kappa shape index (κ2) is 6.47. The van der Waals surface area contributed by atoms with E-state index in [2.05, 4.69) is 18.8 Å². The highest BCUT2D eigenvalue weighted by Gasteiger charge is 2.20. The van der Waals surface area contributed by atoms with Crippen LogP contribution in [0, 0.1) is 17.8 Å². The van der Waals surface area contributed by atoms with E-state index in [-0.39, 0.29) is 0 Å². The van der Waals surface area contributed by atoms with Crippen LogP contribution in [0.25, 0.3) is 0 Å². The third-order valence-corrected chi connectivity index (χ3v) is 3.39. The van der Waals surface area contributed by atoms with Crippen LogP contribution >= 0.6 is 0 Å². The zero-order chi connectivity index (χ0) is 12.8. The maximum Gasteiger partial charge on any atom is 0.135 e. The van der Waals surface area contributed by atoms with Crippen LogP contribution in [0.5, 0.6) is 5.75 Å². The number of rotatable bonds is 2. The van der Waals surface area contributed by atoms with Gasteiger partial charge in [-0.05, 0) is 37.3 Å². The van der Waals surface area contributed by atoms with E-state index >= 15 is 0 Å². The van der Waals surface area contributed by atoms with Gasteiger partial charge in [0.05, 0.1) is 18.2 Å². The van der Waals surface area contributed by atoms with E-state index in [1.807, 2.05) is 24.3 Å². The van der Waals surface area contributed by atoms with E-state index < -0.39 is 0 Å². The summed E-state index contributed by atoms with van der Waals surface area (Å²) in [6, 6.07) is 7.97. The van der Waals surface area contributed by atoms with E-state index in [0.29, 0.717) is 12.6 Å². The van der Waals surface area contributed by atoms with Crippen molar-refractivity contribution in [1.82, 2.24) is 0 Å². The molecular formula is C16H21NO. The summed E-state index contributed by atoms with van der Waals surface area (Å²) in [5.74, 6) is 7.63. The maximum atomic E-state index is 6.11. The van der Waals surface area contributed by atoms with Crippen LogP contribution in [0.2, 0.25) is 0 Å². The van der Waals surface area contributed by atoms with Crippen molar-refractivity contribution in [3.05, 3.63) is 29.8 Å². The summed E-state index contributed by atoms with van der Waals surface area (Å²) in [5, 5.41) is 0. The van der Waals surface area contributed by atoms with Gasteiger partial charge in [0.2, 0.25) is 0 Å². The maximum absolute atomic E-state index is 6.11. The van der Waals surface area contributed by atoms with Crippen molar-refractivity contribution >= 4 is 0 Å². The van der Waals surface area contributed by atoms with Crippen LogP contribution in [-0.2, 0) is 0 Å². The Morgan fingerprint density at radius 3 is 2.94 bits per heavy atom. The minimum Gasteiger partial charge on any atom is -0.489 e. The van der Waals surface area contributed by atoms with Crippen LogP contribution < -0.4 is 10.5 Å². The van der Waals surface area contributed by atoms with Crippen molar-refractivity contribution in [2.24, 2.45) is 11.7 Å². The Hall–Kier alpha value is -1.46. The zero-order valence-electron chi connectivity index (χ0n) is 11.0. The molecule has 0 amide bonds. The number of hydrogen-bond donors (Lipinski definition) is 1. The molecule has 0 spiro atoms. The fourth-order valence-electron chi connectivity index (χ4n) is 2.48. The highest BCUT2D eigenvalue weighted by molar-refractivity contribution is 5.46. The fourth-order valence-corrected chi connectivity index (χ4v) is 2.48. The molecule has 1 aromatic carbocycles. The van der Waals surface area contributed by atoms with Gasteiger partial charge in [0, 0.05) is 0 Å². The predicted octanol–water partition coefficient (Wildman–Crippen LogP) is 2.95. The first kappa shape index (κ1) is 13.0. The van der Waals surface area contributed by atoms with Gasteiger partial charge >= 0.3 is 0 Å². The summed E-state index contributed by atoms with van der Waals surface area (Å²) < 4.78 is 6.11. The smallest absolute Gasteiger partial charge is 0.135 e. The standard InChI is InChI=1S/C16H21NO/c1-13-6-4-9-15(12-13)18-16-10-3-2-7-14(16)8-5-11-17/h2-3,7,10,13,15H,4,6,9,11-12,17H2,1H3. The van der Waals surface area contributed by atoms with Crippen LogP contribution in [0.1, 0.15) is 38.2 Å². The van der Waals surface area contributed by atoms with Gasteiger partial charge in [-0.3, -0.25) is 0 Å². The van der Waals surface area contributed by atoms with E-state index in [1.54, 1.807) is 0 Å². The quantitative estimate of drug-likeness (QED) is 0.811. The minimum atomic E-state index is 0.342. The van der Waals surface area contributed by atoms with Crippen LogP contribution in [0.15, 0.2) is 24.3 Å². The molecule has 1 saturated carbocycles. The molecule has 1 aromatic rings. The average molecular weight is 243 g/mol. The second-order valence-electron chi connectivity index (χ2n) is 5.01. The average Bonchev–Trinajstić information content (AvgIpc) is 2.38. The third kappa shape index (κ3) is 3.51. The van der Waals surface area contributed by atoms with Gasteiger partial charge in [-0.2, -0.15) is 0 Å². The van der Waals surface area contributed by atoms with Crippen molar-refractivity contribution in [3.63, 3.8) is 0 Å². The normalized spacial score (nSPS) is 23.0. The molecule has 2 heteroatoms. The molecule has 96 valence electrons. The highest BCUT2D eigenvalue weighted by atomic mass is 16.5. The van der Waals surface area contributed by atoms with Gasteiger partial charge < -0.3 is 10.5 Å². The molecule has 0 bridgehead atoms. The third-order valence-electron chi connectivity index (χ3n) is 3.39. The molecule has 0 radical (unpaired) electrons. The Morgan fingerprint density at radius 2 is 2.17 bits per heavy atom. The summed E-state index contributed by atoms with van der Waals surface area (Å²) in [4.78, 5) is 0. The van der Waals surface area contributed by atoms with Crippen LogP contribution in [0.4, 0.5) is 0 Å². The molecule has 0 saturated heterocycles. The lowest BCUT2D eigenvalue weighted by molar-refractivity contribution is 0.129. The topological polar surface area (TPSA) is 35.2 Å². The monoisotopic (exact) mass is 243 g/mol. The second-order valence-corrected chi connectivity index (χ2v) is 5.01. The molecule has 1 fully saturated rings. The number of para-hydroxylation sites is 1. The summed E-state index contributed by atoms with van der Waals surface area (Å²) in [7, 11) is 0. The lowest BCUT2D eigenvalue weighted by Gasteiger charge is -2.27. The summed E-state index contributed by atoms with van der Waals surface area (Å²) in [6.45, 7) is 2.68. The number of benzene rings is 1. The minimum absolute atomic E-state index is 0.342. The van der Waals surface area contributed by atoms with E-state index in [9.17, 15) is 0 Å². The first-order chi connectivity index (χ1) is 8.79. The van der Waals surface area contributed by atoms with Crippen molar-refractivity contribution in [2.75, 3.05) is 6.54 Å². The fraction of sp³-hybridized carbons (Fsp3) is 0.500. The van der Waals surface area contributed by atoms with Crippen molar-refractivity contribution in [3.8, 4) is 17.6 Å². The van der Waals surface area contributed by atoms with Gasteiger partial charge in [0.1, 0.15) is 5.75 Å². The first-order valence-corrected chi connectivity index (χ1v) is 6.74. The molecule has 2 rings (SSSR count). The van der Waals surface area contributed by atoms with Crippen molar-refractivity contribution in [1.29, 1.82) is 0 Å². The number of hydrogen-bond acceptors (Lipinski definition) is 2. The van der Waals surface area contributed by atoms with Crippen molar-refractivity contribution < 1.29 is 4.74 Å². The molecule has 2 N–H and O–H groups in total. The Bertz CT molecular complexity index is 444. The summed E-state index contributed by atoms with van der Waals surface area (Å²) in [6.07, 6.45) is 5.24. The first-order valence-electron chi connectivity index (χ1n) is 6.74. The molecule has 0 aromatic heterocycles. The Kier molecular flexibility index (Phi) is 4.66. The summed E-state index contributed by atoms with van der Waals surface area (Å²) in [5.41, 5.74) is 6.36. The van der Waals surface area contributed by atoms with Crippen LogP contribution in [-0.4, -0.2) is 12.6 Å². The van der Waals surface area contributed by atoms with Gasteiger partial charge in [0.15, 0.2) is 0 Å². The Labute approximate surface area is 110 Å². The van der Waals surface area contributed by atoms with E-state index in [4.69, 9.17) is 10.5 Å². The van der Waals surface area contributed by atoms with Crippen molar-refractivity contribution in [2.45, 2.75) is 38.7 Å². The number of ether oxygens (including phenoxy) is 1. The molecule has 1 aliphatic rings. The van der Waals surface area contributed by atoms with Gasteiger partial charge in [-0.25, -0.2) is 0 Å². The summed E-state index contributed by atoms with van der Waals surface area (Å²) >= 11 is 0. The largest absolute Gasteiger partial charge is 0.489 e. The lowest BCUT2D eigenvalue weighted by atomic mass is 9.88. The van der Waals surface area contributed by atoms with Gasteiger partial charge in [-0.1, -0.05) is 37.3 Å².